The molecule has 0 aliphatic heterocycles. The molecular formula is C15H13N3O3. The number of carbonyl (C=O) groups excluding carboxylic acids is 1. The van der Waals surface area contributed by atoms with E-state index in [1.807, 2.05) is 12.1 Å². The van der Waals surface area contributed by atoms with Crippen molar-refractivity contribution in [2.75, 3.05) is 10.6 Å². The van der Waals surface area contributed by atoms with E-state index in [2.05, 4.69) is 15.6 Å². The fourth-order valence-corrected chi connectivity index (χ4v) is 1.57. The van der Waals surface area contributed by atoms with Crippen LogP contribution in [0.1, 0.15) is 0 Å². The van der Waals surface area contributed by atoms with Gasteiger partial charge in [0.25, 0.3) is 0 Å². The van der Waals surface area contributed by atoms with E-state index in [9.17, 15) is 9.59 Å². The van der Waals surface area contributed by atoms with Crippen LogP contribution >= 0.6 is 0 Å². The van der Waals surface area contributed by atoms with Gasteiger partial charge in [0.05, 0.1) is 11.9 Å². The first-order chi connectivity index (χ1) is 10.1. The van der Waals surface area contributed by atoms with Gasteiger partial charge >= 0.3 is 5.97 Å². The van der Waals surface area contributed by atoms with Crippen LogP contribution < -0.4 is 10.6 Å². The van der Waals surface area contributed by atoms with Crippen LogP contribution in [0.5, 0.6) is 0 Å². The minimum atomic E-state index is -1.17. The minimum absolute atomic E-state index is 0.495. The third-order valence-corrected chi connectivity index (χ3v) is 2.48. The summed E-state index contributed by atoms with van der Waals surface area (Å²) >= 11 is 0. The first-order valence-electron chi connectivity index (χ1n) is 6.12. The molecule has 0 spiro atoms. The van der Waals surface area contributed by atoms with Crippen molar-refractivity contribution < 1.29 is 14.7 Å². The van der Waals surface area contributed by atoms with E-state index in [0.29, 0.717) is 5.69 Å². The maximum atomic E-state index is 11.4. The van der Waals surface area contributed by atoms with Crippen molar-refractivity contribution in [3.05, 3.63) is 60.9 Å². The number of aliphatic carboxylic acids is 1. The Hall–Kier alpha value is -3.15. The van der Waals surface area contributed by atoms with Crippen molar-refractivity contribution in [1.82, 2.24) is 4.98 Å². The lowest BCUT2D eigenvalue weighted by atomic mass is 10.2. The molecule has 6 nitrogen and oxygen atoms in total. The summed E-state index contributed by atoms with van der Waals surface area (Å²) in [6.07, 6.45) is 5.14. The molecule has 106 valence electrons. The maximum absolute atomic E-state index is 11.4. The number of nitrogens with one attached hydrogen (secondary N) is 2. The van der Waals surface area contributed by atoms with Gasteiger partial charge in [-0.2, -0.15) is 0 Å². The number of anilines is 3. The van der Waals surface area contributed by atoms with Crippen LogP contribution in [0.3, 0.4) is 0 Å². The molecule has 2 aromatic rings. The van der Waals surface area contributed by atoms with Crippen molar-refractivity contribution >= 4 is 28.9 Å². The molecule has 1 aromatic carbocycles. The third kappa shape index (κ3) is 4.79. The molecule has 0 radical (unpaired) electrons. The lowest BCUT2D eigenvalue weighted by molar-refractivity contribution is -0.131. The Kier molecular flexibility index (Phi) is 4.66. The summed E-state index contributed by atoms with van der Waals surface area (Å²) in [7, 11) is 0. The van der Waals surface area contributed by atoms with Crippen LogP contribution in [0.4, 0.5) is 17.1 Å². The van der Waals surface area contributed by atoms with Crippen LogP contribution in [-0.2, 0) is 9.59 Å². The zero-order valence-electron chi connectivity index (χ0n) is 11.0. The second-order valence-corrected chi connectivity index (χ2v) is 4.10. The number of benzene rings is 1. The van der Waals surface area contributed by atoms with Crippen molar-refractivity contribution in [2.45, 2.75) is 0 Å². The van der Waals surface area contributed by atoms with E-state index in [0.717, 1.165) is 23.5 Å². The summed E-state index contributed by atoms with van der Waals surface area (Å²) in [5, 5.41) is 14.1. The first-order valence-corrected chi connectivity index (χ1v) is 6.12. The number of amides is 1. The Balaban J connectivity index is 1.96. The lowest BCUT2D eigenvalue weighted by Crippen LogP contribution is -2.08. The summed E-state index contributed by atoms with van der Waals surface area (Å²) in [4.78, 5) is 25.7. The Bertz CT molecular complexity index is 652. The quantitative estimate of drug-likeness (QED) is 0.733. The van der Waals surface area contributed by atoms with Crippen LogP contribution in [0.2, 0.25) is 0 Å². The van der Waals surface area contributed by atoms with Gasteiger partial charge in [0, 0.05) is 29.7 Å². The average molecular weight is 283 g/mol. The summed E-state index contributed by atoms with van der Waals surface area (Å²) in [6, 6.07) is 10.7. The lowest BCUT2D eigenvalue weighted by Gasteiger charge is -2.07. The molecule has 1 heterocycles. The number of carboxylic acids is 1. The van der Waals surface area contributed by atoms with Gasteiger partial charge in [0.15, 0.2) is 0 Å². The monoisotopic (exact) mass is 283 g/mol. The molecule has 0 aliphatic rings. The van der Waals surface area contributed by atoms with Crippen molar-refractivity contribution in [3.8, 4) is 0 Å². The van der Waals surface area contributed by atoms with E-state index in [1.54, 1.807) is 36.7 Å². The summed E-state index contributed by atoms with van der Waals surface area (Å²) in [5.41, 5.74) is 2.28. The molecule has 1 aromatic heterocycles. The third-order valence-electron chi connectivity index (χ3n) is 2.48. The number of rotatable bonds is 5. The Labute approximate surface area is 121 Å². The van der Waals surface area contributed by atoms with Gasteiger partial charge in [0.1, 0.15) is 0 Å². The zero-order valence-corrected chi connectivity index (χ0v) is 11.0. The number of hydrogen-bond acceptors (Lipinski definition) is 4. The van der Waals surface area contributed by atoms with Crippen LogP contribution in [-0.4, -0.2) is 22.0 Å². The highest BCUT2D eigenvalue weighted by Crippen LogP contribution is 2.18. The number of carbonyl (C=O) groups is 2. The molecule has 0 saturated carbocycles. The smallest absolute Gasteiger partial charge is 0.328 e. The number of nitrogens with zero attached hydrogens (tertiary/aromatic N) is 1. The van der Waals surface area contributed by atoms with Gasteiger partial charge in [-0.05, 0) is 36.4 Å². The normalized spacial score (nSPS) is 10.3. The Morgan fingerprint density at radius 2 is 1.71 bits per heavy atom. The fraction of sp³-hybridized carbons (Fsp3) is 0. The molecular weight excluding hydrogens is 270 g/mol. The summed E-state index contributed by atoms with van der Waals surface area (Å²) in [5.74, 6) is -1.66. The van der Waals surface area contributed by atoms with E-state index >= 15 is 0 Å². The molecule has 3 N–H and O–H groups in total. The van der Waals surface area contributed by atoms with Gasteiger partial charge in [-0.1, -0.05) is 0 Å². The molecule has 0 fully saturated rings. The molecule has 1 amide bonds. The Morgan fingerprint density at radius 3 is 2.33 bits per heavy atom. The SMILES string of the molecule is O=C(O)/C=C\C(=O)Nc1ccc(Nc2cccnc2)cc1. The van der Waals surface area contributed by atoms with E-state index < -0.39 is 11.9 Å². The van der Waals surface area contributed by atoms with E-state index in [1.165, 1.54) is 0 Å². The molecule has 0 unspecified atom stereocenters. The average Bonchev–Trinajstić information content (AvgIpc) is 2.48. The minimum Gasteiger partial charge on any atom is -0.478 e. The number of aromatic nitrogens is 1. The largest absolute Gasteiger partial charge is 0.478 e. The van der Waals surface area contributed by atoms with E-state index in [-0.39, 0.29) is 0 Å². The van der Waals surface area contributed by atoms with Gasteiger partial charge in [0.2, 0.25) is 5.91 Å². The predicted octanol–water partition coefficient (Wildman–Crippen LogP) is 2.40. The number of pyridine rings is 1. The molecule has 0 atom stereocenters. The van der Waals surface area contributed by atoms with Crippen molar-refractivity contribution in [3.63, 3.8) is 0 Å². The Morgan fingerprint density at radius 1 is 1.00 bits per heavy atom. The van der Waals surface area contributed by atoms with Gasteiger partial charge < -0.3 is 15.7 Å². The van der Waals surface area contributed by atoms with Gasteiger partial charge in [-0.15, -0.1) is 0 Å². The van der Waals surface area contributed by atoms with Crippen molar-refractivity contribution in [1.29, 1.82) is 0 Å². The van der Waals surface area contributed by atoms with Gasteiger partial charge in [-0.25, -0.2) is 4.79 Å². The number of carboxylic acid groups (broad SMARTS) is 1. The van der Waals surface area contributed by atoms with Crippen LogP contribution in [0, 0.1) is 0 Å². The molecule has 0 aliphatic carbocycles. The molecule has 0 saturated heterocycles. The molecule has 21 heavy (non-hydrogen) atoms. The molecule has 0 bridgehead atoms. The number of hydrogen-bond donors (Lipinski definition) is 3. The summed E-state index contributed by atoms with van der Waals surface area (Å²) < 4.78 is 0. The first kappa shape index (κ1) is 14.3. The maximum Gasteiger partial charge on any atom is 0.328 e. The van der Waals surface area contributed by atoms with Crippen molar-refractivity contribution in [2.24, 2.45) is 0 Å². The highest BCUT2D eigenvalue weighted by molar-refractivity contribution is 6.02. The highest BCUT2D eigenvalue weighted by Gasteiger charge is 2.00. The topological polar surface area (TPSA) is 91.3 Å². The molecule has 2 rings (SSSR count). The second-order valence-electron chi connectivity index (χ2n) is 4.10. The van der Waals surface area contributed by atoms with E-state index in [4.69, 9.17) is 5.11 Å². The summed E-state index contributed by atoms with van der Waals surface area (Å²) in [6.45, 7) is 0. The molecule has 6 heteroatoms. The predicted molar refractivity (Wildman–Crippen MR) is 79.4 cm³/mol. The van der Waals surface area contributed by atoms with Crippen LogP contribution in [0.15, 0.2) is 60.9 Å². The second kappa shape index (κ2) is 6.85. The highest BCUT2D eigenvalue weighted by atomic mass is 16.4. The standard InChI is InChI=1S/C15H13N3O3/c19-14(7-8-15(20)21)18-12-5-3-11(4-6-12)17-13-2-1-9-16-10-13/h1-10,17H,(H,18,19)(H,20,21)/b8-7-. The zero-order chi connectivity index (χ0) is 15.1. The van der Waals surface area contributed by atoms with Crippen LogP contribution in [0.25, 0.3) is 0 Å². The van der Waals surface area contributed by atoms with Gasteiger partial charge in [-0.3, -0.25) is 9.78 Å². The fourth-order valence-electron chi connectivity index (χ4n) is 1.57.